The van der Waals surface area contributed by atoms with Gasteiger partial charge in [-0.3, -0.25) is 9.10 Å². The van der Waals surface area contributed by atoms with Gasteiger partial charge >= 0.3 is 0 Å². The number of carbonyl (C=O) groups is 1. The number of hydrogen-bond acceptors (Lipinski definition) is 4. The number of amides is 1. The summed E-state index contributed by atoms with van der Waals surface area (Å²) in [6.45, 7) is 7.98. The highest BCUT2D eigenvalue weighted by molar-refractivity contribution is 7.92. The van der Waals surface area contributed by atoms with Crippen molar-refractivity contribution in [3.8, 4) is 5.75 Å². The van der Waals surface area contributed by atoms with Gasteiger partial charge < -0.3 is 10.1 Å². The lowest BCUT2D eigenvalue weighted by molar-refractivity contribution is 0.0932. The van der Waals surface area contributed by atoms with Crippen molar-refractivity contribution in [3.63, 3.8) is 0 Å². The van der Waals surface area contributed by atoms with Crippen molar-refractivity contribution in [2.45, 2.75) is 40.2 Å². The van der Waals surface area contributed by atoms with E-state index < -0.39 is 10.0 Å². The molecule has 0 spiro atoms. The molecule has 1 N–H and O–H groups in total. The predicted molar refractivity (Wildman–Crippen MR) is 122 cm³/mol. The van der Waals surface area contributed by atoms with Crippen LogP contribution in [-0.2, 0) is 10.0 Å². The third-order valence-electron chi connectivity index (χ3n) is 4.94. The summed E-state index contributed by atoms with van der Waals surface area (Å²) in [5, 5.41) is 3.11. The fraction of sp³-hybridized carbons (Fsp3) is 0.435. The van der Waals surface area contributed by atoms with E-state index in [4.69, 9.17) is 4.74 Å². The zero-order chi connectivity index (χ0) is 22.3. The molecule has 2 rings (SSSR count). The summed E-state index contributed by atoms with van der Waals surface area (Å²) in [7, 11) is -1.73. The Kier molecular flexibility index (Phi) is 8.29. The Labute approximate surface area is 180 Å². The van der Waals surface area contributed by atoms with Crippen LogP contribution in [0.4, 0.5) is 5.69 Å². The number of nitrogens with one attached hydrogen (secondary N) is 1. The second-order valence-electron chi connectivity index (χ2n) is 7.54. The summed E-state index contributed by atoms with van der Waals surface area (Å²) in [5.74, 6) is 1.01. The van der Waals surface area contributed by atoms with Gasteiger partial charge in [-0.25, -0.2) is 8.42 Å². The van der Waals surface area contributed by atoms with Crippen LogP contribution >= 0.6 is 0 Å². The van der Waals surface area contributed by atoms with Gasteiger partial charge in [0.1, 0.15) is 5.75 Å². The molecule has 0 fully saturated rings. The fourth-order valence-corrected chi connectivity index (χ4v) is 4.45. The Balaban J connectivity index is 2.20. The SMILES string of the molecule is CCN(c1ccc(C(=O)NC(CC(C)C)c2ccc(OC)cc2)cc1)S(=O)(=O)CC. The van der Waals surface area contributed by atoms with Crippen molar-refractivity contribution >= 4 is 21.6 Å². The molecular weight excluding hydrogens is 400 g/mol. The Morgan fingerprint density at radius 1 is 1.03 bits per heavy atom. The first-order valence-electron chi connectivity index (χ1n) is 10.3. The lowest BCUT2D eigenvalue weighted by atomic mass is 9.96. The van der Waals surface area contributed by atoms with E-state index in [1.807, 2.05) is 24.3 Å². The number of nitrogens with zero attached hydrogens (tertiary/aromatic N) is 1. The Morgan fingerprint density at radius 2 is 1.63 bits per heavy atom. The highest BCUT2D eigenvalue weighted by atomic mass is 32.2. The van der Waals surface area contributed by atoms with Crippen molar-refractivity contribution < 1.29 is 17.9 Å². The van der Waals surface area contributed by atoms with Crippen LogP contribution in [0.1, 0.15) is 56.1 Å². The van der Waals surface area contributed by atoms with E-state index in [1.165, 1.54) is 4.31 Å². The molecule has 1 unspecified atom stereocenters. The molecule has 0 radical (unpaired) electrons. The number of hydrogen-bond donors (Lipinski definition) is 1. The molecule has 2 aromatic carbocycles. The van der Waals surface area contributed by atoms with Gasteiger partial charge in [-0.15, -0.1) is 0 Å². The molecule has 6 nitrogen and oxygen atoms in total. The normalized spacial score (nSPS) is 12.5. The number of anilines is 1. The van der Waals surface area contributed by atoms with Gasteiger partial charge in [0.2, 0.25) is 10.0 Å². The van der Waals surface area contributed by atoms with Gasteiger partial charge in [0.05, 0.1) is 24.6 Å². The van der Waals surface area contributed by atoms with Gasteiger partial charge in [-0.2, -0.15) is 0 Å². The van der Waals surface area contributed by atoms with Crippen LogP contribution in [-0.4, -0.2) is 33.7 Å². The fourth-order valence-electron chi connectivity index (χ4n) is 3.30. The summed E-state index contributed by atoms with van der Waals surface area (Å²) < 4.78 is 31.0. The van der Waals surface area contributed by atoms with Crippen LogP contribution in [0, 0.1) is 5.92 Å². The van der Waals surface area contributed by atoms with Gasteiger partial charge in [0.15, 0.2) is 0 Å². The van der Waals surface area contributed by atoms with Gasteiger partial charge in [0, 0.05) is 12.1 Å². The maximum absolute atomic E-state index is 12.9. The minimum Gasteiger partial charge on any atom is -0.497 e. The smallest absolute Gasteiger partial charge is 0.251 e. The number of carbonyl (C=O) groups excluding carboxylic acids is 1. The first-order chi connectivity index (χ1) is 14.2. The summed E-state index contributed by atoms with van der Waals surface area (Å²) in [6.07, 6.45) is 0.800. The maximum Gasteiger partial charge on any atom is 0.251 e. The quantitative estimate of drug-likeness (QED) is 0.604. The second kappa shape index (κ2) is 10.5. The predicted octanol–water partition coefficient (Wildman–Crippen LogP) is 4.39. The monoisotopic (exact) mass is 432 g/mol. The van der Waals surface area contributed by atoms with Gasteiger partial charge in [0.25, 0.3) is 5.91 Å². The van der Waals surface area contributed by atoms with Crippen molar-refractivity contribution in [3.05, 3.63) is 59.7 Å². The number of benzene rings is 2. The number of ether oxygens (including phenoxy) is 1. The second-order valence-corrected chi connectivity index (χ2v) is 9.72. The molecule has 0 bridgehead atoms. The largest absolute Gasteiger partial charge is 0.497 e. The van der Waals surface area contributed by atoms with Crippen LogP contribution < -0.4 is 14.4 Å². The number of sulfonamides is 1. The van der Waals surface area contributed by atoms with E-state index in [0.29, 0.717) is 23.7 Å². The van der Waals surface area contributed by atoms with Gasteiger partial charge in [-0.05, 0) is 68.1 Å². The molecule has 0 aliphatic carbocycles. The molecule has 1 amide bonds. The molecule has 0 aliphatic heterocycles. The molecular formula is C23H32N2O4S. The first kappa shape index (κ1) is 23.7. The third kappa shape index (κ3) is 5.98. The highest BCUT2D eigenvalue weighted by Gasteiger charge is 2.20. The molecule has 0 saturated carbocycles. The molecule has 30 heavy (non-hydrogen) atoms. The van der Waals surface area contributed by atoms with E-state index in [9.17, 15) is 13.2 Å². The van der Waals surface area contributed by atoms with Gasteiger partial charge in [-0.1, -0.05) is 26.0 Å². The van der Waals surface area contributed by atoms with E-state index in [0.717, 1.165) is 17.7 Å². The number of rotatable bonds is 10. The van der Waals surface area contributed by atoms with Crippen LogP contribution in [0.25, 0.3) is 0 Å². The summed E-state index contributed by atoms with van der Waals surface area (Å²) in [5.41, 5.74) is 2.07. The minimum absolute atomic E-state index is 0.0296. The van der Waals surface area contributed by atoms with Crippen LogP contribution in [0.3, 0.4) is 0 Å². The molecule has 0 saturated heterocycles. The zero-order valence-electron chi connectivity index (χ0n) is 18.4. The van der Waals surface area contributed by atoms with Crippen LogP contribution in [0.15, 0.2) is 48.5 Å². The van der Waals surface area contributed by atoms with Crippen molar-refractivity contribution in [1.82, 2.24) is 5.32 Å². The summed E-state index contributed by atoms with van der Waals surface area (Å²) in [4.78, 5) is 12.9. The molecule has 0 heterocycles. The lowest BCUT2D eigenvalue weighted by Gasteiger charge is -2.23. The first-order valence-corrected chi connectivity index (χ1v) is 11.9. The topological polar surface area (TPSA) is 75.7 Å². The van der Waals surface area contributed by atoms with E-state index in [2.05, 4.69) is 19.2 Å². The lowest BCUT2D eigenvalue weighted by Crippen LogP contribution is -2.32. The summed E-state index contributed by atoms with van der Waals surface area (Å²) >= 11 is 0. The molecule has 1 atom stereocenters. The van der Waals surface area contributed by atoms with Crippen molar-refractivity contribution in [2.24, 2.45) is 5.92 Å². The third-order valence-corrected chi connectivity index (χ3v) is 6.81. The van der Waals surface area contributed by atoms with Crippen molar-refractivity contribution in [1.29, 1.82) is 0 Å². The van der Waals surface area contributed by atoms with E-state index in [-0.39, 0.29) is 17.7 Å². The van der Waals surface area contributed by atoms with Crippen LogP contribution in [0.2, 0.25) is 0 Å². The summed E-state index contributed by atoms with van der Waals surface area (Å²) in [6, 6.07) is 14.3. The molecule has 0 aromatic heterocycles. The van der Waals surface area contributed by atoms with E-state index in [1.54, 1.807) is 45.2 Å². The standard InChI is InChI=1S/C23H32N2O4S/c1-6-25(30(27,28)7-2)20-12-8-19(9-13-20)23(26)24-22(16-17(3)4)18-10-14-21(29-5)15-11-18/h8-15,17,22H,6-7,16H2,1-5H3,(H,24,26). The highest BCUT2D eigenvalue weighted by Crippen LogP contribution is 2.25. The Hall–Kier alpha value is -2.54. The van der Waals surface area contributed by atoms with Crippen molar-refractivity contribution in [2.75, 3.05) is 23.7 Å². The van der Waals surface area contributed by atoms with Crippen LogP contribution in [0.5, 0.6) is 5.75 Å². The minimum atomic E-state index is -3.35. The molecule has 2 aromatic rings. The van der Waals surface area contributed by atoms with E-state index >= 15 is 0 Å². The Bertz CT molecular complexity index is 923. The maximum atomic E-state index is 12.9. The average molecular weight is 433 g/mol. The zero-order valence-corrected chi connectivity index (χ0v) is 19.2. The average Bonchev–Trinajstić information content (AvgIpc) is 2.73. The Morgan fingerprint density at radius 3 is 2.10 bits per heavy atom. The molecule has 0 aliphatic rings. The molecule has 164 valence electrons. The number of methoxy groups -OCH3 is 1. The molecule has 7 heteroatoms.